The zero-order valence-electron chi connectivity index (χ0n) is 14.4. The van der Waals surface area contributed by atoms with Crippen molar-refractivity contribution in [3.8, 4) is 0 Å². The maximum absolute atomic E-state index is 12.5. The molecule has 0 saturated heterocycles. The molecule has 0 aliphatic carbocycles. The van der Waals surface area contributed by atoms with Crippen LogP contribution in [0.4, 0.5) is 0 Å². The number of rotatable bonds is 6. The monoisotopic (exact) mass is 338 g/mol. The van der Waals surface area contributed by atoms with Gasteiger partial charge in [-0.05, 0) is 29.7 Å². The Morgan fingerprint density at radius 1 is 1.26 bits per heavy atom. The second-order valence-corrected chi connectivity index (χ2v) is 8.61. The van der Waals surface area contributed by atoms with Gasteiger partial charge in [0.05, 0.1) is 4.90 Å². The van der Waals surface area contributed by atoms with E-state index in [4.69, 9.17) is 0 Å². The standard InChI is InChI=1S/C17H26N2O3S/c1-5-6-7-13(2)17(20)19-11-14-8-9-16(10-15(14)12-19)23(21,22)18(3)4/h8-10,13H,5-7,11-12H2,1-4H3/t13-/m1/s1. The predicted octanol–water partition coefficient (Wildman–Crippen LogP) is 2.61. The molecule has 1 aromatic rings. The van der Waals surface area contributed by atoms with Gasteiger partial charge in [-0.3, -0.25) is 4.79 Å². The van der Waals surface area contributed by atoms with Crippen molar-refractivity contribution < 1.29 is 13.2 Å². The molecule has 2 rings (SSSR count). The lowest BCUT2D eigenvalue weighted by molar-refractivity contribution is -0.135. The van der Waals surface area contributed by atoms with Crippen LogP contribution in [0.2, 0.25) is 0 Å². The Balaban J connectivity index is 2.15. The summed E-state index contributed by atoms with van der Waals surface area (Å²) in [4.78, 5) is 14.6. The van der Waals surface area contributed by atoms with Crippen molar-refractivity contribution in [2.24, 2.45) is 5.92 Å². The van der Waals surface area contributed by atoms with Crippen molar-refractivity contribution in [2.45, 2.75) is 51.1 Å². The molecule has 0 fully saturated rings. The van der Waals surface area contributed by atoms with Crippen LogP contribution in [0.25, 0.3) is 0 Å². The Morgan fingerprint density at radius 3 is 2.52 bits per heavy atom. The van der Waals surface area contributed by atoms with Gasteiger partial charge in [-0.15, -0.1) is 0 Å². The first-order chi connectivity index (χ1) is 10.8. The number of hydrogen-bond donors (Lipinski definition) is 0. The third kappa shape index (κ3) is 3.75. The molecule has 1 amide bonds. The van der Waals surface area contributed by atoms with Gasteiger partial charge < -0.3 is 4.90 Å². The largest absolute Gasteiger partial charge is 0.334 e. The molecule has 0 aromatic heterocycles. The SMILES string of the molecule is CCCC[C@@H](C)C(=O)N1Cc2ccc(S(=O)(=O)N(C)C)cc2C1. The Kier molecular flexibility index (Phi) is 5.47. The summed E-state index contributed by atoms with van der Waals surface area (Å²) in [6, 6.07) is 5.16. The van der Waals surface area contributed by atoms with Crippen LogP contribution in [0.5, 0.6) is 0 Å². The van der Waals surface area contributed by atoms with Gasteiger partial charge in [0.2, 0.25) is 15.9 Å². The normalized spacial score (nSPS) is 15.8. The van der Waals surface area contributed by atoms with Crippen molar-refractivity contribution in [1.29, 1.82) is 0 Å². The van der Waals surface area contributed by atoms with E-state index in [0.29, 0.717) is 13.1 Å². The number of carbonyl (C=O) groups excluding carboxylic acids is 1. The molecule has 1 heterocycles. The third-order valence-corrected chi connectivity index (χ3v) is 6.21. The molecular weight excluding hydrogens is 312 g/mol. The van der Waals surface area contributed by atoms with Gasteiger partial charge in [0.1, 0.15) is 0 Å². The summed E-state index contributed by atoms with van der Waals surface area (Å²) in [6.45, 7) is 5.17. The summed E-state index contributed by atoms with van der Waals surface area (Å²) in [6.07, 6.45) is 3.05. The van der Waals surface area contributed by atoms with Crippen LogP contribution in [-0.4, -0.2) is 37.6 Å². The first-order valence-electron chi connectivity index (χ1n) is 8.10. The van der Waals surface area contributed by atoms with Crippen LogP contribution in [0.3, 0.4) is 0 Å². The van der Waals surface area contributed by atoms with Crippen molar-refractivity contribution in [1.82, 2.24) is 9.21 Å². The fourth-order valence-corrected chi connectivity index (χ4v) is 3.80. The Morgan fingerprint density at radius 2 is 1.91 bits per heavy atom. The zero-order chi connectivity index (χ0) is 17.2. The van der Waals surface area contributed by atoms with Gasteiger partial charge in [-0.2, -0.15) is 0 Å². The van der Waals surface area contributed by atoms with Gasteiger partial charge >= 0.3 is 0 Å². The number of carbonyl (C=O) groups is 1. The van der Waals surface area contributed by atoms with E-state index >= 15 is 0 Å². The average Bonchev–Trinajstić information content (AvgIpc) is 2.94. The molecule has 6 heteroatoms. The molecule has 1 aliphatic heterocycles. The highest BCUT2D eigenvalue weighted by Crippen LogP contribution is 2.28. The van der Waals surface area contributed by atoms with E-state index in [1.165, 1.54) is 18.4 Å². The quantitative estimate of drug-likeness (QED) is 0.801. The van der Waals surface area contributed by atoms with Gasteiger partial charge in [0.25, 0.3) is 0 Å². The second kappa shape index (κ2) is 7.01. The van der Waals surface area contributed by atoms with Gasteiger partial charge in [-0.1, -0.05) is 32.8 Å². The molecule has 0 saturated carbocycles. The summed E-state index contributed by atoms with van der Waals surface area (Å²) in [5, 5.41) is 0. The zero-order valence-corrected chi connectivity index (χ0v) is 15.2. The number of benzene rings is 1. The number of fused-ring (bicyclic) bond motifs is 1. The first kappa shape index (κ1) is 17.9. The third-order valence-electron chi connectivity index (χ3n) is 4.40. The van der Waals surface area contributed by atoms with Crippen molar-refractivity contribution in [3.05, 3.63) is 29.3 Å². The van der Waals surface area contributed by atoms with Crippen LogP contribution < -0.4 is 0 Å². The smallest absolute Gasteiger partial charge is 0.242 e. The van der Waals surface area contributed by atoms with E-state index in [-0.39, 0.29) is 16.7 Å². The summed E-state index contributed by atoms with van der Waals surface area (Å²) >= 11 is 0. The van der Waals surface area contributed by atoms with Crippen LogP contribution in [0.1, 0.15) is 44.2 Å². The van der Waals surface area contributed by atoms with Crippen LogP contribution in [0.15, 0.2) is 23.1 Å². The van der Waals surface area contributed by atoms with Crippen molar-refractivity contribution in [2.75, 3.05) is 14.1 Å². The number of nitrogens with zero attached hydrogens (tertiary/aromatic N) is 2. The summed E-state index contributed by atoms with van der Waals surface area (Å²) in [7, 11) is -0.391. The number of unbranched alkanes of at least 4 members (excludes halogenated alkanes) is 1. The maximum Gasteiger partial charge on any atom is 0.242 e. The first-order valence-corrected chi connectivity index (χ1v) is 9.54. The van der Waals surface area contributed by atoms with E-state index in [1.807, 2.05) is 17.9 Å². The highest BCUT2D eigenvalue weighted by atomic mass is 32.2. The molecule has 0 N–H and O–H groups in total. The molecule has 1 aromatic carbocycles. The minimum atomic E-state index is -3.43. The number of hydrogen-bond acceptors (Lipinski definition) is 3. The molecular formula is C17H26N2O3S. The van der Waals surface area contributed by atoms with Crippen LogP contribution in [-0.2, 0) is 27.9 Å². The lowest BCUT2D eigenvalue weighted by atomic mass is 10.0. The van der Waals surface area contributed by atoms with Crippen molar-refractivity contribution >= 4 is 15.9 Å². The average molecular weight is 338 g/mol. The molecule has 0 radical (unpaired) electrons. The second-order valence-electron chi connectivity index (χ2n) is 6.46. The minimum absolute atomic E-state index is 0.0224. The van der Waals surface area contributed by atoms with Crippen molar-refractivity contribution in [3.63, 3.8) is 0 Å². The summed E-state index contributed by atoms with van der Waals surface area (Å²) in [5.74, 6) is 0.181. The van der Waals surface area contributed by atoms with Gasteiger partial charge in [0, 0.05) is 33.1 Å². The highest BCUT2D eigenvalue weighted by molar-refractivity contribution is 7.89. The lowest BCUT2D eigenvalue weighted by Gasteiger charge is -2.20. The Labute approximate surface area is 139 Å². The van der Waals surface area contributed by atoms with E-state index in [0.717, 1.165) is 30.4 Å². The van der Waals surface area contributed by atoms with E-state index in [2.05, 4.69) is 6.92 Å². The molecule has 0 bridgehead atoms. The highest BCUT2D eigenvalue weighted by Gasteiger charge is 2.28. The molecule has 0 spiro atoms. The van der Waals surface area contributed by atoms with E-state index in [9.17, 15) is 13.2 Å². The molecule has 128 valence electrons. The van der Waals surface area contributed by atoms with Crippen LogP contribution >= 0.6 is 0 Å². The van der Waals surface area contributed by atoms with E-state index in [1.54, 1.807) is 12.1 Å². The fourth-order valence-electron chi connectivity index (χ4n) is 2.84. The maximum atomic E-state index is 12.5. The lowest BCUT2D eigenvalue weighted by Crippen LogP contribution is -2.30. The minimum Gasteiger partial charge on any atom is -0.334 e. The molecule has 5 nitrogen and oxygen atoms in total. The molecule has 23 heavy (non-hydrogen) atoms. The fraction of sp³-hybridized carbons (Fsp3) is 0.588. The summed E-state index contributed by atoms with van der Waals surface area (Å²) in [5.41, 5.74) is 1.97. The Hall–Kier alpha value is -1.40. The van der Waals surface area contributed by atoms with Gasteiger partial charge in [-0.25, -0.2) is 12.7 Å². The summed E-state index contributed by atoms with van der Waals surface area (Å²) < 4.78 is 25.6. The molecule has 1 aliphatic rings. The topological polar surface area (TPSA) is 57.7 Å². The predicted molar refractivity (Wildman–Crippen MR) is 90.3 cm³/mol. The molecule has 1 atom stereocenters. The number of amides is 1. The van der Waals surface area contributed by atoms with E-state index < -0.39 is 10.0 Å². The molecule has 0 unspecified atom stereocenters. The van der Waals surface area contributed by atoms with Crippen LogP contribution in [0, 0.1) is 5.92 Å². The number of sulfonamides is 1. The Bertz CT molecular complexity index is 683. The van der Waals surface area contributed by atoms with Gasteiger partial charge in [0.15, 0.2) is 0 Å².